The number of rotatable bonds is 1. The van der Waals surface area contributed by atoms with E-state index in [9.17, 15) is 0 Å². The Kier molecular flexibility index (Phi) is 3.49. The summed E-state index contributed by atoms with van der Waals surface area (Å²) in [5.41, 5.74) is 0. The molecule has 0 bridgehead atoms. The van der Waals surface area contributed by atoms with Gasteiger partial charge >= 0.3 is 0 Å². The Hall–Kier alpha value is -0.130. The molecule has 0 amide bonds. The zero-order valence-corrected chi connectivity index (χ0v) is 9.65. The molecule has 1 aromatic heterocycles. The van der Waals surface area contributed by atoms with Gasteiger partial charge in [0.25, 0.3) is 0 Å². The minimum Gasteiger partial charge on any atom is -0.363 e. The molecule has 1 rings (SSSR count). The summed E-state index contributed by atoms with van der Waals surface area (Å²) in [4.78, 5) is 7.34. The molecule has 0 saturated heterocycles. The summed E-state index contributed by atoms with van der Waals surface area (Å²) in [7, 11) is 3.88. The van der Waals surface area contributed by atoms with E-state index >= 15 is 0 Å². The molecule has 0 aliphatic carbocycles. The van der Waals surface area contributed by atoms with Gasteiger partial charge < -0.3 is 4.90 Å². The van der Waals surface area contributed by atoms with Crippen LogP contribution in [0.15, 0.2) is 10.5 Å². The number of thiazole rings is 1. The van der Waals surface area contributed by atoms with Crippen molar-refractivity contribution in [2.24, 2.45) is 0 Å². The molecule has 5 heteroatoms. The van der Waals surface area contributed by atoms with Gasteiger partial charge in [-0.25, -0.2) is 4.98 Å². The second kappa shape index (κ2) is 4.20. The summed E-state index contributed by atoms with van der Waals surface area (Å²) in [6.45, 7) is 2.04. The smallest absolute Gasteiger partial charge is 0.157 e. The fraction of sp³-hybridized carbons (Fsp3) is 0.429. The fourth-order valence-electron chi connectivity index (χ4n) is 0.547. The maximum absolute atomic E-state index is 5.12. The molecule has 0 N–H and O–H groups in total. The van der Waals surface area contributed by atoms with Gasteiger partial charge in [0.15, 0.2) is 4.34 Å². The Morgan fingerprint density at radius 2 is 2.33 bits per heavy atom. The lowest BCUT2D eigenvalue weighted by molar-refractivity contribution is 0.648. The first kappa shape index (κ1) is 9.95. The number of thioether (sulfide) groups is 1. The highest BCUT2D eigenvalue weighted by Crippen LogP contribution is 2.25. The predicted molar refractivity (Wildman–Crippen MR) is 59.0 cm³/mol. The normalized spacial score (nSPS) is 9.92. The van der Waals surface area contributed by atoms with Gasteiger partial charge in [-0.1, -0.05) is 12.2 Å². The molecule has 0 atom stereocenters. The topological polar surface area (TPSA) is 16.1 Å². The molecule has 0 aliphatic heterocycles. The van der Waals surface area contributed by atoms with Crippen molar-refractivity contribution in [3.05, 3.63) is 11.1 Å². The lowest BCUT2D eigenvalue weighted by Crippen LogP contribution is -2.15. The van der Waals surface area contributed by atoms with Crippen molar-refractivity contribution in [3.63, 3.8) is 0 Å². The highest BCUT2D eigenvalue weighted by Gasteiger charge is 2.05. The fourth-order valence-corrected chi connectivity index (χ4v) is 2.66. The predicted octanol–water partition coefficient (Wildman–Crippen LogP) is 2.39. The first-order valence-corrected chi connectivity index (χ1v) is 5.45. The van der Waals surface area contributed by atoms with Crippen LogP contribution in [-0.2, 0) is 0 Å². The first-order valence-electron chi connectivity index (χ1n) is 3.41. The van der Waals surface area contributed by atoms with Crippen LogP contribution in [-0.4, -0.2) is 28.3 Å². The van der Waals surface area contributed by atoms with Crippen LogP contribution < -0.4 is 0 Å². The van der Waals surface area contributed by atoms with Gasteiger partial charge in [-0.05, 0) is 18.7 Å². The van der Waals surface area contributed by atoms with Gasteiger partial charge in [0.2, 0.25) is 0 Å². The molecule has 1 aromatic rings. The lowest BCUT2D eigenvalue weighted by atomic mass is 10.7. The van der Waals surface area contributed by atoms with E-state index in [2.05, 4.69) is 4.98 Å². The van der Waals surface area contributed by atoms with Crippen LogP contribution in [0.1, 0.15) is 4.88 Å². The largest absolute Gasteiger partial charge is 0.363 e. The molecule has 66 valence electrons. The van der Waals surface area contributed by atoms with Crippen LogP contribution in [0, 0.1) is 6.92 Å². The number of hydrogen-bond donors (Lipinski definition) is 0. The van der Waals surface area contributed by atoms with Crippen molar-refractivity contribution in [3.8, 4) is 0 Å². The van der Waals surface area contributed by atoms with Gasteiger partial charge in [0.1, 0.15) is 4.32 Å². The minimum atomic E-state index is 0.851. The summed E-state index contributed by atoms with van der Waals surface area (Å²) in [5.74, 6) is 0. The summed E-state index contributed by atoms with van der Waals surface area (Å²) >= 11 is 8.33. The molecule has 12 heavy (non-hydrogen) atoms. The van der Waals surface area contributed by atoms with Crippen LogP contribution in [0.5, 0.6) is 0 Å². The molecule has 0 radical (unpaired) electrons. The van der Waals surface area contributed by atoms with E-state index in [4.69, 9.17) is 12.2 Å². The quantitative estimate of drug-likeness (QED) is 0.531. The van der Waals surface area contributed by atoms with Gasteiger partial charge in [-0.2, -0.15) is 0 Å². The highest BCUT2D eigenvalue weighted by atomic mass is 32.2. The third kappa shape index (κ3) is 2.73. The maximum Gasteiger partial charge on any atom is 0.157 e. The summed E-state index contributed by atoms with van der Waals surface area (Å²) in [5, 5.41) is 0. The van der Waals surface area contributed by atoms with E-state index in [-0.39, 0.29) is 0 Å². The van der Waals surface area contributed by atoms with E-state index in [1.165, 1.54) is 16.6 Å². The van der Waals surface area contributed by atoms with Crippen molar-refractivity contribution in [1.29, 1.82) is 0 Å². The second-order valence-electron chi connectivity index (χ2n) is 2.50. The zero-order chi connectivity index (χ0) is 9.14. The van der Waals surface area contributed by atoms with Crippen LogP contribution in [0.2, 0.25) is 0 Å². The van der Waals surface area contributed by atoms with E-state index in [1.807, 2.05) is 32.1 Å². The molecular weight excluding hydrogens is 208 g/mol. The highest BCUT2D eigenvalue weighted by molar-refractivity contribution is 8.23. The molecule has 0 saturated carbocycles. The van der Waals surface area contributed by atoms with Gasteiger partial charge in [-0.15, -0.1) is 11.3 Å². The molecule has 0 unspecified atom stereocenters. The van der Waals surface area contributed by atoms with Crippen molar-refractivity contribution in [2.75, 3.05) is 14.1 Å². The Morgan fingerprint density at radius 1 is 1.67 bits per heavy atom. The third-order valence-electron chi connectivity index (χ3n) is 1.14. The monoisotopic (exact) mass is 218 g/mol. The molecule has 0 aliphatic rings. The second-order valence-corrected chi connectivity index (χ2v) is 5.62. The molecule has 0 aromatic carbocycles. The Balaban J connectivity index is 2.58. The number of nitrogens with zero attached hydrogens (tertiary/aromatic N) is 2. The summed E-state index contributed by atoms with van der Waals surface area (Å²) < 4.78 is 1.87. The third-order valence-corrected chi connectivity index (χ3v) is 3.78. The molecule has 0 spiro atoms. The van der Waals surface area contributed by atoms with Gasteiger partial charge in [0, 0.05) is 25.2 Å². The average Bonchev–Trinajstić information content (AvgIpc) is 2.35. The summed E-state index contributed by atoms with van der Waals surface area (Å²) in [6, 6.07) is 0. The lowest BCUT2D eigenvalue weighted by Gasteiger charge is -2.10. The van der Waals surface area contributed by atoms with Gasteiger partial charge in [-0.3, -0.25) is 0 Å². The van der Waals surface area contributed by atoms with Crippen molar-refractivity contribution in [2.45, 2.75) is 11.3 Å². The van der Waals surface area contributed by atoms with Crippen molar-refractivity contribution in [1.82, 2.24) is 9.88 Å². The zero-order valence-electron chi connectivity index (χ0n) is 7.20. The van der Waals surface area contributed by atoms with Crippen LogP contribution in [0.3, 0.4) is 0 Å². The van der Waals surface area contributed by atoms with E-state index in [1.54, 1.807) is 11.3 Å². The van der Waals surface area contributed by atoms with Crippen molar-refractivity contribution < 1.29 is 0 Å². The number of thiocarbonyl (C=S) groups is 1. The van der Waals surface area contributed by atoms with E-state index in [0.29, 0.717) is 0 Å². The number of aromatic nitrogens is 1. The first-order chi connectivity index (χ1) is 5.59. The van der Waals surface area contributed by atoms with E-state index < -0.39 is 0 Å². The minimum absolute atomic E-state index is 0.851. The molecular formula is C7H10N2S3. The van der Waals surface area contributed by atoms with Gasteiger partial charge in [0.05, 0.1) is 0 Å². The average molecular weight is 218 g/mol. The van der Waals surface area contributed by atoms with Crippen LogP contribution >= 0.6 is 35.3 Å². The van der Waals surface area contributed by atoms with E-state index in [0.717, 1.165) is 8.66 Å². The molecule has 0 fully saturated rings. The Labute approximate surface area is 86.0 Å². The number of aryl methyl sites for hydroxylation is 1. The Bertz CT molecular complexity index is 280. The summed E-state index contributed by atoms with van der Waals surface area (Å²) in [6.07, 6.45) is 1.87. The SMILES string of the molecule is Cc1cnc(SC(=S)N(C)C)s1. The molecule has 2 nitrogen and oxygen atoms in total. The maximum atomic E-state index is 5.12. The van der Waals surface area contributed by atoms with Crippen molar-refractivity contribution >= 4 is 39.6 Å². The number of hydrogen-bond acceptors (Lipinski definition) is 4. The standard InChI is InChI=1S/C7H10N2S3/c1-5-4-8-6(11-5)12-7(10)9(2)3/h4H,1-3H3. The Morgan fingerprint density at radius 3 is 2.75 bits per heavy atom. The molecule has 1 heterocycles. The van der Waals surface area contributed by atoms with Crippen LogP contribution in [0.25, 0.3) is 0 Å². The van der Waals surface area contributed by atoms with Crippen LogP contribution in [0.4, 0.5) is 0 Å².